The van der Waals surface area contributed by atoms with E-state index < -0.39 is 5.54 Å². The summed E-state index contributed by atoms with van der Waals surface area (Å²) in [5.74, 6) is 0.871. The fourth-order valence-electron chi connectivity index (χ4n) is 4.61. The van der Waals surface area contributed by atoms with Crippen molar-refractivity contribution in [1.29, 1.82) is 0 Å². The van der Waals surface area contributed by atoms with E-state index in [0.717, 1.165) is 49.4 Å². The maximum absolute atomic E-state index is 13.4. The Morgan fingerprint density at radius 3 is 2.87 bits per heavy atom. The molecule has 0 bridgehead atoms. The van der Waals surface area contributed by atoms with Crippen LogP contribution in [0.5, 0.6) is 0 Å². The summed E-state index contributed by atoms with van der Waals surface area (Å²) in [7, 11) is 1.67. The standard InChI is InChI=1S/C21H30N6O3/c1-17-5-3-6-18(15-17)19(28)25-8-4-7-21(16-25,26-9-13-30-14-10-26)20-22-23-24-27(20)11-12-29-2/h3,5-6,15H,4,7-14,16H2,1-2H3. The minimum absolute atomic E-state index is 0.0620. The second-order valence-corrected chi connectivity index (χ2v) is 8.05. The van der Waals surface area contributed by atoms with Gasteiger partial charge >= 0.3 is 0 Å². The monoisotopic (exact) mass is 414 g/mol. The lowest BCUT2D eigenvalue weighted by Gasteiger charge is -2.49. The molecule has 2 fully saturated rings. The van der Waals surface area contributed by atoms with Gasteiger partial charge < -0.3 is 14.4 Å². The Hall–Kier alpha value is -2.36. The van der Waals surface area contributed by atoms with Crippen molar-refractivity contribution in [3.63, 3.8) is 0 Å². The average molecular weight is 415 g/mol. The van der Waals surface area contributed by atoms with Crippen LogP contribution in [0.2, 0.25) is 0 Å². The summed E-state index contributed by atoms with van der Waals surface area (Å²) in [4.78, 5) is 17.7. The number of rotatable bonds is 6. The second kappa shape index (κ2) is 9.20. The second-order valence-electron chi connectivity index (χ2n) is 8.05. The fourth-order valence-corrected chi connectivity index (χ4v) is 4.61. The van der Waals surface area contributed by atoms with Crippen molar-refractivity contribution in [3.8, 4) is 0 Å². The summed E-state index contributed by atoms with van der Waals surface area (Å²) < 4.78 is 12.7. The summed E-state index contributed by atoms with van der Waals surface area (Å²) >= 11 is 0. The molecule has 0 aliphatic carbocycles. The number of amides is 1. The van der Waals surface area contributed by atoms with E-state index in [1.165, 1.54) is 0 Å². The van der Waals surface area contributed by atoms with Crippen molar-refractivity contribution in [3.05, 3.63) is 41.2 Å². The van der Waals surface area contributed by atoms with Crippen molar-refractivity contribution in [1.82, 2.24) is 30.0 Å². The Bertz CT molecular complexity index is 866. The number of aryl methyl sites for hydroxylation is 1. The molecule has 162 valence electrons. The number of methoxy groups -OCH3 is 1. The van der Waals surface area contributed by atoms with E-state index in [1.54, 1.807) is 7.11 Å². The van der Waals surface area contributed by atoms with Crippen molar-refractivity contribution < 1.29 is 14.3 Å². The Balaban J connectivity index is 1.67. The molecule has 2 saturated heterocycles. The first-order valence-corrected chi connectivity index (χ1v) is 10.6. The van der Waals surface area contributed by atoms with Crippen LogP contribution in [0.25, 0.3) is 0 Å². The molecule has 3 heterocycles. The van der Waals surface area contributed by atoms with E-state index in [-0.39, 0.29) is 5.91 Å². The summed E-state index contributed by atoms with van der Waals surface area (Å²) in [6.45, 7) is 7.36. The quantitative estimate of drug-likeness (QED) is 0.699. The van der Waals surface area contributed by atoms with Gasteiger partial charge in [0.25, 0.3) is 5.91 Å². The SMILES string of the molecule is COCCn1nnnc1C1(N2CCOCC2)CCCN(C(=O)c2cccc(C)c2)C1. The maximum atomic E-state index is 13.4. The molecule has 0 N–H and O–H groups in total. The molecule has 1 amide bonds. The molecular weight excluding hydrogens is 384 g/mol. The predicted octanol–water partition coefficient (Wildman–Crippen LogP) is 1.09. The molecule has 9 nitrogen and oxygen atoms in total. The number of carbonyl (C=O) groups is 1. The number of benzene rings is 1. The lowest BCUT2D eigenvalue weighted by molar-refractivity contribution is -0.0573. The average Bonchev–Trinajstić information content (AvgIpc) is 3.27. The zero-order chi connectivity index (χ0) is 21.0. The Morgan fingerprint density at radius 2 is 2.10 bits per heavy atom. The first-order valence-electron chi connectivity index (χ1n) is 10.6. The van der Waals surface area contributed by atoms with Gasteiger partial charge in [0.05, 0.1) is 26.4 Å². The van der Waals surface area contributed by atoms with Crippen LogP contribution in [-0.4, -0.2) is 89.0 Å². The minimum atomic E-state index is -0.432. The lowest BCUT2D eigenvalue weighted by Crippen LogP contribution is -2.61. The van der Waals surface area contributed by atoms with Gasteiger partial charge in [-0.2, -0.15) is 0 Å². The number of carbonyl (C=O) groups excluding carboxylic acids is 1. The lowest BCUT2D eigenvalue weighted by atomic mass is 9.85. The number of nitrogens with zero attached hydrogens (tertiary/aromatic N) is 6. The minimum Gasteiger partial charge on any atom is -0.383 e. The number of hydrogen-bond acceptors (Lipinski definition) is 7. The maximum Gasteiger partial charge on any atom is 0.253 e. The topological polar surface area (TPSA) is 85.6 Å². The highest BCUT2D eigenvalue weighted by Gasteiger charge is 2.47. The Labute approximate surface area is 176 Å². The van der Waals surface area contributed by atoms with Crippen LogP contribution >= 0.6 is 0 Å². The van der Waals surface area contributed by atoms with E-state index in [9.17, 15) is 4.79 Å². The number of likely N-dealkylation sites (tertiary alicyclic amines) is 1. The van der Waals surface area contributed by atoms with Crippen molar-refractivity contribution in [2.24, 2.45) is 0 Å². The molecule has 30 heavy (non-hydrogen) atoms. The van der Waals surface area contributed by atoms with Gasteiger partial charge in [0.2, 0.25) is 0 Å². The Kier molecular flexibility index (Phi) is 6.40. The summed E-state index contributed by atoms with van der Waals surface area (Å²) in [5, 5.41) is 12.6. The van der Waals surface area contributed by atoms with Crippen molar-refractivity contribution in [2.45, 2.75) is 31.8 Å². The van der Waals surface area contributed by atoms with E-state index in [1.807, 2.05) is 40.8 Å². The largest absolute Gasteiger partial charge is 0.383 e. The number of aromatic nitrogens is 4. The molecule has 2 aliphatic heterocycles. The third-order valence-electron chi connectivity index (χ3n) is 6.09. The fraction of sp³-hybridized carbons (Fsp3) is 0.619. The molecule has 1 aromatic heterocycles. The van der Waals surface area contributed by atoms with E-state index in [0.29, 0.717) is 32.9 Å². The van der Waals surface area contributed by atoms with Gasteiger partial charge in [0.15, 0.2) is 5.82 Å². The molecule has 2 aromatic rings. The van der Waals surface area contributed by atoms with Crippen molar-refractivity contribution >= 4 is 5.91 Å². The highest BCUT2D eigenvalue weighted by Crippen LogP contribution is 2.37. The molecular formula is C21H30N6O3. The number of piperidine rings is 1. The van der Waals surface area contributed by atoms with Gasteiger partial charge in [-0.1, -0.05) is 17.7 Å². The molecule has 1 atom stereocenters. The van der Waals surface area contributed by atoms with Gasteiger partial charge in [-0.3, -0.25) is 9.69 Å². The zero-order valence-corrected chi connectivity index (χ0v) is 17.8. The Morgan fingerprint density at radius 1 is 1.27 bits per heavy atom. The molecule has 2 aliphatic rings. The van der Waals surface area contributed by atoms with Gasteiger partial charge in [0, 0.05) is 38.9 Å². The highest BCUT2D eigenvalue weighted by atomic mass is 16.5. The van der Waals surface area contributed by atoms with E-state index >= 15 is 0 Å². The predicted molar refractivity (Wildman–Crippen MR) is 110 cm³/mol. The van der Waals surface area contributed by atoms with E-state index in [2.05, 4.69) is 20.4 Å². The summed E-state index contributed by atoms with van der Waals surface area (Å²) in [6.07, 6.45) is 1.80. The van der Waals surface area contributed by atoms with Crippen LogP contribution in [0.1, 0.15) is 34.6 Å². The number of tetrazole rings is 1. The molecule has 1 aromatic carbocycles. The van der Waals surface area contributed by atoms with Gasteiger partial charge in [-0.15, -0.1) is 5.10 Å². The van der Waals surface area contributed by atoms with E-state index in [4.69, 9.17) is 9.47 Å². The van der Waals surface area contributed by atoms with Gasteiger partial charge in [-0.05, 0) is 42.3 Å². The summed E-state index contributed by atoms with van der Waals surface area (Å²) in [5.41, 5.74) is 1.38. The van der Waals surface area contributed by atoms with Crippen LogP contribution < -0.4 is 0 Å². The van der Waals surface area contributed by atoms with Crippen LogP contribution in [0, 0.1) is 6.92 Å². The highest BCUT2D eigenvalue weighted by molar-refractivity contribution is 5.94. The number of morpholine rings is 1. The molecule has 9 heteroatoms. The molecule has 1 unspecified atom stereocenters. The van der Waals surface area contributed by atoms with Crippen LogP contribution in [0.15, 0.2) is 24.3 Å². The van der Waals surface area contributed by atoms with Crippen molar-refractivity contribution in [2.75, 3.05) is 53.1 Å². The van der Waals surface area contributed by atoms with Gasteiger partial charge in [0.1, 0.15) is 5.54 Å². The number of hydrogen-bond donors (Lipinski definition) is 0. The molecule has 0 spiro atoms. The van der Waals surface area contributed by atoms with Crippen LogP contribution in [0.4, 0.5) is 0 Å². The summed E-state index contributed by atoms with van der Waals surface area (Å²) in [6, 6.07) is 7.79. The third-order valence-corrected chi connectivity index (χ3v) is 6.09. The molecule has 4 rings (SSSR count). The van der Waals surface area contributed by atoms with Gasteiger partial charge in [-0.25, -0.2) is 4.68 Å². The smallest absolute Gasteiger partial charge is 0.253 e. The zero-order valence-electron chi connectivity index (χ0n) is 17.8. The van der Waals surface area contributed by atoms with Crippen LogP contribution in [-0.2, 0) is 21.6 Å². The molecule has 0 radical (unpaired) electrons. The molecule has 0 saturated carbocycles. The third kappa shape index (κ3) is 4.10. The first kappa shape index (κ1) is 20.9. The first-order chi connectivity index (χ1) is 14.6. The van der Waals surface area contributed by atoms with Crippen LogP contribution in [0.3, 0.4) is 0 Å². The number of ether oxygens (including phenoxy) is 2. The normalized spacial score (nSPS) is 22.9.